The third kappa shape index (κ3) is 2.57. The second-order valence-corrected chi connectivity index (χ2v) is 7.39. The molecule has 2 saturated heterocycles. The van der Waals surface area contributed by atoms with Crippen LogP contribution in [0.2, 0.25) is 5.15 Å². The number of thiophene rings is 1. The Kier molecular flexibility index (Phi) is 3.61. The average Bonchev–Trinajstić information content (AvgIpc) is 3.07. The minimum Gasteiger partial charge on any atom is -0.298 e. The first-order valence-corrected chi connectivity index (χ1v) is 8.84. The highest BCUT2D eigenvalue weighted by molar-refractivity contribution is 7.16. The zero-order valence-corrected chi connectivity index (χ0v) is 13.7. The van der Waals surface area contributed by atoms with Crippen molar-refractivity contribution in [1.82, 2.24) is 19.8 Å². The summed E-state index contributed by atoms with van der Waals surface area (Å²) < 4.78 is 0. The fourth-order valence-electron chi connectivity index (χ4n) is 3.58. The van der Waals surface area contributed by atoms with Crippen molar-refractivity contribution in [2.75, 3.05) is 19.6 Å². The molecule has 4 nitrogen and oxygen atoms in total. The topological polar surface area (TPSA) is 32.3 Å². The third-order valence-corrected chi connectivity index (χ3v) is 5.83. The summed E-state index contributed by atoms with van der Waals surface area (Å²) in [5.74, 6) is 0.855. The molecule has 2 aromatic heterocycles. The number of hydrogen-bond acceptors (Lipinski definition) is 5. The normalized spacial score (nSPS) is 27.3. The van der Waals surface area contributed by atoms with Gasteiger partial charge in [0, 0.05) is 30.6 Å². The number of rotatable bonds is 2. The smallest absolute Gasteiger partial charge is 0.145 e. The van der Waals surface area contributed by atoms with Crippen LogP contribution >= 0.6 is 22.9 Å². The summed E-state index contributed by atoms with van der Waals surface area (Å²) >= 11 is 7.91. The van der Waals surface area contributed by atoms with Gasteiger partial charge in [-0.15, -0.1) is 11.3 Å². The van der Waals surface area contributed by atoms with Gasteiger partial charge in [0.25, 0.3) is 0 Å². The molecule has 2 aromatic rings. The maximum absolute atomic E-state index is 6.28. The third-order valence-electron chi connectivity index (χ3n) is 4.74. The number of hydrogen-bond donors (Lipinski definition) is 0. The Morgan fingerprint density at radius 2 is 2.29 bits per heavy atom. The second kappa shape index (κ2) is 5.47. The molecule has 6 heteroatoms. The van der Waals surface area contributed by atoms with Crippen molar-refractivity contribution in [3.8, 4) is 0 Å². The van der Waals surface area contributed by atoms with Gasteiger partial charge in [-0.3, -0.25) is 9.80 Å². The highest BCUT2D eigenvalue weighted by Crippen LogP contribution is 2.27. The molecule has 0 N–H and O–H groups in total. The second-order valence-electron chi connectivity index (χ2n) is 6.14. The van der Waals surface area contributed by atoms with Crippen LogP contribution in [0.1, 0.15) is 25.6 Å². The minimum absolute atomic E-state index is 0.556. The molecular formula is C15H19ClN4S. The van der Waals surface area contributed by atoms with Crippen LogP contribution in [0.4, 0.5) is 0 Å². The maximum atomic E-state index is 6.28. The Morgan fingerprint density at radius 1 is 1.38 bits per heavy atom. The first kappa shape index (κ1) is 13.9. The van der Waals surface area contributed by atoms with Gasteiger partial charge in [-0.25, -0.2) is 9.97 Å². The molecule has 2 unspecified atom stereocenters. The van der Waals surface area contributed by atoms with E-state index in [1.165, 1.54) is 25.9 Å². The van der Waals surface area contributed by atoms with E-state index in [1.54, 1.807) is 11.3 Å². The predicted octanol–water partition coefficient (Wildman–Crippen LogP) is 3.01. The predicted molar refractivity (Wildman–Crippen MR) is 86.9 cm³/mol. The summed E-state index contributed by atoms with van der Waals surface area (Å²) in [4.78, 5) is 15.3. The van der Waals surface area contributed by atoms with Crippen molar-refractivity contribution in [2.24, 2.45) is 0 Å². The van der Waals surface area contributed by atoms with Crippen LogP contribution in [-0.4, -0.2) is 51.5 Å². The van der Waals surface area contributed by atoms with E-state index in [0.717, 1.165) is 35.2 Å². The Hall–Kier alpha value is -0.750. The average molecular weight is 323 g/mol. The van der Waals surface area contributed by atoms with E-state index in [0.29, 0.717) is 11.2 Å². The molecule has 2 fully saturated rings. The monoisotopic (exact) mass is 322 g/mol. The summed E-state index contributed by atoms with van der Waals surface area (Å²) in [5.41, 5.74) is 0. The van der Waals surface area contributed by atoms with Crippen LogP contribution in [0.3, 0.4) is 0 Å². The fraction of sp³-hybridized carbons (Fsp3) is 0.600. The molecule has 0 amide bonds. The molecule has 0 aliphatic carbocycles. The van der Waals surface area contributed by atoms with E-state index in [1.807, 2.05) is 11.4 Å². The van der Waals surface area contributed by atoms with Gasteiger partial charge in [0.15, 0.2) is 0 Å². The van der Waals surface area contributed by atoms with E-state index < -0.39 is 0 Å². The van der Waals surface area contributed by atoms with Gasteiger partial charge in [0.2, 0.25) is 0 Å². The summed E-state index contributed by atoms with van der Waals surface area (Å²) in [6, 6.07) is 3.27. The zero-order valence-electron chi connectivity index (χ0n) is 12.1. The van der Waals surface area contributed by atoms with Crippen molar-refractivity contribution in [3.63, 3.8) is 0 Å². The number of nitrogens with zero attached hydrogens (tertiary/aromatic N) is 4. The van der Waals surface area contributed by atoms with Crippen molar-refractivity contribution in [3.05, 3.63) is 22.4 Å². The zero-order chi connectivity index (χ0) is 14.4. The molecule has 21 heavy (non-hydrogen) atoms. The molecule has 2 aliphatic rings. The molecule has 0 spiro atoms. The van der Waals surface area contributed by atoms with Crippen LogP contribution in [0.5, 0.6) is 0 Å². The first-order valence-electron chi connectivity index (χ1n) is 7.58. The van der Waals surface area contributed by atoms with Gasteiger partial charge in [-0.05, 0) is 37.8 Å². The number of halogens is 1. The van der Waals surface area contributed by atoms with E-state index in [4.69, 9.17) is 11.6 Å². The lowest BCUT2D eigenvalue weighted by Crippen LogP contribution is -2.54. The van der Waals surface area contributed by atoms with Gasteiger partial charge in [-0.2, -0.15) is 0 Å². The number of fused-ring (bicyclic) bond motifs is 2. The highest BCUT2D eigenvalue weighted by Gasteiger charge is 2.34. The molecule has 4 rings (SSSR count). The SMILES string of the molecule is CC1CN2CCCC2CN1Cc1nc(Cl)c2ccsc2n1. The fourth-order valence-corrected chi connectivity index (χ4v) is 4.67. The Balaban J connectivity index is 1.56. The van der Waals surface area contributed by atoms with Gasteiger partial charge in [-0.1, -0.05) is 11.6 Å². The molecule has 112 valence electrons. The van der Waals surface area contributed by atoms with Crippen molar-refractivity contribution in [2.45, 2.75) is 38.4 Å². The number of piperazine rings is 1. The Morgan fingerprint density at radius 3 is 3.19 bits per heavy atom. The number of aromatic nitrogens is 2. The lowest BCUT2D eigenvalue weighted by molar-refractivity contribution is 0.0523. The van der Waals surface area contributed by atoms with Gasteiger partial charge in [0.05, 0.1) is 6.54 Å². The van der Waals surface area contributed by atoms with Crippen molar-refractivity contribution in [1.29, 1.82) is 0 Å². The van der Waals surface area contributed by atoms with Crippen molar-refractivity contribution >= 4 is 33.2 Å². The first-order chi connectivity index (χ1) is 10.2. The quantitative estimate of drug-likeness (QED) is 0.796. The van der Waals surface area contributed by atoms with Crippen LogP contribution in [-0.2, 0) is 6.54 Å². The Bertz CT molecular complexity index is 658. The van der Waals surface area contributed by atoms with Crippen LogP contribution in [0.25, 0.3) is 10.2 Å². The van der Waals surface area contributed by atoms with Crippen molar-refractivity contribution < 1.29 is 0 Å². The van der Waals surface area contributed by atoms with E-state index in [-0.39, 0.29) is 0 Å². The molecule has 0 aromatic carbocycles. The molecule has 2 atom stereocenters. The molecular weight excluding hydrogens is 304 g/mol. The van der Waals surface area contributed by atoms with E-state index in [9.17, 15) is 0 Å². The minimum atomic E-state index is 0.556. The van der Waals surface area contributed by atoms with Crippen LogP contribution in [0.15, 0.2) is 11.4 Å². The van der Waals surface area contributed by atoms with Gasteiger partial charge < -0.3 is 0 Å². The summed E-state index contributed by atoms with van der Waals surface area (Å²) in [6.07, 6.45) is 2.67. The molecule has 0 saturated carbocycles. The van der Waals surface area contributed by atoms with Crippen LogP contribution < -0.4 is 0 Å². The molecule has 0 radical (unpaired) electrons. The lowest BCUT2D eigenvalue weighted by atomic mass is 10.1. The lowest BCUT2D eigenvalue weighted by Gasteiger charge is -2.42. The summed E-state index contributed by atoms with van der Waals surface area (Å²) in [6.45, 7) is 6.68. The standard InChI is InChI=1S/C15H19ClN4S/c1-10-7-19-5-2-3-11(19)8-20(10)9-13-17-14(16)12-4-6-21-15(12)18-13/h4,6,10-11H,2-3,5,7-9H2,1H3. The van der Waals surface area contributed by atoms with E-state index >= 15 is 0 Å². The largest absolute Gasteiger partial charge is 0.298 e. The molecule has 4 heterocycles. The van der Waals surface area contributed by atoms with E-state index in [2.05, 4.69) is 26.7 Å². The molecule has 2 aliphatic heterocycles. The summed E-state index contributed by atoms with van der Waals surface area (Å²) in [5, 5.41) is 3.58. The summed E-state index contributed by atoms with van der Waals surface area (Å²) in [7, 11) is 0. The maximum Gasteiger partial charge on any atom is 0.145 e. The van der Waals surface area contributed by atoms with Crippen LogP contribution in [0, 0.1) is 0 Å². The highest BCUT2D eigenvalue weighted by atomic mass is 35.5. The van der Waals surface area contributed by atoms with Gasteiger partial charge in [0.1, 0.15) is 15.8 Å². The Labute approximate surface area is 133 Å². The molecule has 0 bridgehead atoms. The van der Waals surface area contributed by atoms with Gasteiger partial charge >= 0.3 is 0 Å².